The van der Waals surface area contributed by atoms with E-state index in [1.54, 1.807) is 18.2 Å². The number of nitrogens with one attached hydrogen (secondary N) is 1. The molecule has 24 heavy (non-hydrogen) atoms. The Morgan fingerprint density at radius 3 is 2.46 bits per heavy atom. The van der Waals surface area contributed by atoms with Gasteiger partial charge < -0.3 is 4.74 Å². The summed E-state index contributed by atoms with van der Waals surface area (Å²) in [5, 5.41) is 0.874. The Balaban J connectivity index is 1.84. The summed E-state index contributed by atoms with van der Waals surface area (Å²) in [6, 6.07) is 15.6. The van der Waals surface area contributed by atoms with Crippen LogP contribution in [0.25, 0.3) is 10.9 Å². The van der Waals surface area contributed by atoms with Crippen LogP contribution in [0.4, 0.5) is 5.69 Å². The number of anilines is 1. The van der Waals surface area contributed by atoms with Crippen LogP contribution in [0.5, 0.6) is 5.75 Å². The van der Waals surface area contributed by atoms with Crippen molar-refractivity contribution in [3.8, 4) is 5.75 Å². The van der Waals surface area contributed by atoms with E-state index in [1.165, 1.54) is 18.3 Å². The van der Waals surface area contributed by atoms with Crippen LogP contribution < -0.4 is 9.46 Å². The summed E-state index contributed by atoms with van der Waals surface area (Å²) in [5.74, 6) is 0.635. The molecular formula is C18H18N2O3S. The van der Waals surface area contributed by atoms with E-state index in [2.05, 4.69) is 9.71 Å². The lowest BCUT2D eigenvalue weighted by Gasteiger charge is -2.11. The van der Waals surface area contributed by atoms with E-state index < -0.39 is 10.0 Å². The first-order chi connectivity index (χ1) is 11.4. The van der Waals surface area contributed by atoms with Gasteiger partial charge in [0.1, 0.15) is 5.75 Å². The highest BCUT2D eigenvalue weighted by molar-refractivity contribution is 7.92. The number of nitrogens with zero attached hydrogens (tertiary/aromatic N) is 1. The Hall–Kier alpha value is -2.60. The van der Waals surface area contributed by atoms with E-state index >= 15 is 0 Å². The zero-order chi connectivity index (χ0) is 17.2. The molecule has 0 atom stereocenters. The first-order valence-electron chi connectivity index (χ1n) is 7.58. The first-order valence-corrected chi connectivity index (χ1v) is 9.07. The molecule has 1 heterocycles. The van der Waals surface area contributed by atoms with Crippen molar-refractivity contribution >= 4 is 26.6 Å². The third kappa shape index (κ3) is 3.65. The fourth-order valence-corrected chi connectivity index (χ4v) is 3.34. The molecule has 0 aliphatic rings. The zero-order valence-electron chi connectivity index (χ0n) is 13.4. The molecule has 1 aromatic heterocycles. The van der Waals surface area contributed by atoms with Crippen molar-refractivity contribution in [2.45, 2.75) is 24.8 Å². The van der Waals surface area contributed by atoms with Crippen molar-refractivity contribution in [1.82, 2.24) is 4.98 Å². The van der Waals surface area contributed by atoms with Gasteiger partial charge in [-0.2, -0.15) is 0 Å². The van der Waals surface area contributed by atoms with Crippen LogP contribution in [0.3, 0.4) is 0 Å². The summed E-state index contributed by atoms with van der Waals surface area (Å²) in [4.78, 5) is 4.43. The van der Waals surface area contributed by atoms with Crippen LogP contribution in [0, 0.1) is 0 Å². The van der Waals surface area contributed by atoms with Gasteiger partial charge in [0.2, 0.25) is 0 Å². The van der Waals surface area contributed by atoms with Gasteiger partial charge in [0.05, 0.1) is 28.4 Å². The Morgan fingerprint density at radius 2 is 1.75 bits per heavy atom. The number of sulfonamides is 1. The summed E-state index contributed by atoms with van der Waals surface area (Å²) >= 11 is 0. The van der Waals surface area contributed by atoms with Crippen LogP contribution in [-0.4, -0.2) is 19.5 Å². The van der Waals surface area contributed by atoms with Crippen molar-refractivity contribution in [3.05, 3.63) is 60.8 Å². The van der Waals surface area contributed by atoms with Crippen LogP contribution in [0.15, 0.2) is 65.7 Å². The van der Waals surface area contributed by atoms with Gasteiger partial charge in [0, 0.05) is 5.39 Å². The quantitative estimate of drug-likeness (QED) is 0.765. The second kappa shape index (κ2) is 6.49. The Bertz CT molecular complexity index is 951. The van der Waals surface area contributed by atoms with Gasteiger partial charge in [-0.1, -0.05) is 18.2 Å². The molecule has 0 amide bonds. The van der Waals surface area contributed by atoms with Crippen LogP contribution in [0.2, 0.25) is 0 Å². The Morgan fingerprint density at radius 1 is 1.04 bits per heavy atom. The number of pyridine rings is 1. The molecule has 0 fully saturated rings. The number of ether oxygens (including phenoxy) is 1. The molecule has 0 unspecified atom stereocenters. The van der Waals surface area contributed by atoms with E-state index in [1.807, 2.05) is 38.1 Å². The van der Waals surface area contributed by atoms with E-state index in [0.717, 1.165) is 10.9 Å². The standard InChI is InChI=1S/C18H18N2O3S/c1-13(2)23-16-7-9-17(10-8-16)24(21,22)20-15-11-14-5-3-4-6-18(14)19-12-15/h3-13,20H,1-2H3. The van der Waals surface area contributed by atoms with Gasteiger partial charge in [-0.3, -0.25) is 9.71 Å². The van der Waals surface area contributed by atoms with Gasteiger partial charge in [-0.25, -0.2) is 8.42 Å². The smallest absolute Gasteiger partial charge is 0.261 e. The Kier molecular flexibility index (Phi) is 4.40. The molecule has 0 saturated heterocycles. The highest BCUT2D eigenvalue weighted by Gasteiger charge is 2.15. The molecule has 0 spiro atoms. The fourth-order valence-electron chi connectivity index (χ4n) is 2.31. The maximum absolute atomic E-state index is 12.5. The topological polar surface area (TPSA) is 68.3 Å². The van der Waals surface area contributed by atoms with E-state index in [9.17, 15) is 8.42 Å². The number of hydrogen-bond donors (Lipinski definition) is 1. The van der Waals surface area contributed by atoms with Gasteiger partial charge >= 0.3 is 0 Å². The third-order valence-corrected chi connectivity index (χ3v) is 4.75. The molecule has 3 aromatic rings. The minimum absolute atomic E-state index is 0.0363. The SMILES string of the molecule is CC(C)Oc1ccc(S(=O)(=O)Nc2cnc3ccccc3c2)cc1. The zero-order valence-corrected chi connectivity index (χ0v) is 14.2. The molecule has 124 valence electrons. The monoisotopic (exact) mass is 342 g/mol. The maximum atomic E-state index is 12.5. The molecular weight excluding hydrogens is 324 g/mol. The van der Waals surface area contributed by atoms with Crippen LogP contribution >= 0.6 is 0 Å². The average molecular weight is 342 g/mol. The molecule has 0 radical (unpaired) electrons. The van der Waals surface area contributed by atoms with Gasteiger partial charge in [-0.05, 0) is 50.2 Å². The summed E-state index contributed by atoms with van der Waals surface area (Å²) in [6.07, 6.45) is 1.55. The second-order valence-corrected chi connectivity index (χ2v) is 7.34. The average Bonchev–Trinajstić information content (AvgIpc) is 2.54. The molecule has 0 saturated carbocycles. The molecule has 0 bridgehead atoms. The van der Waals surface area contributed by atoms with Crippen molar-refractivity contribution < 1.29 is 13.2 Å². The van der Waals surface area contributed by atoms with Crippen molar-refractivity contribution in [3.63, 3.8) is 0 Å². The lowest BCUT2D eigenvalue weighted by Crippen LogP contribution is -2.13. The predicted octanol–water partition coefficient (Wildman–Crippen LogP) is 3.82. The maximum Gasteiger partial charge on any atom is 0.261 e. The fraction of sp³-hybridized carbons (Fsp3) is 0.167. The molecule has 3 rings (SSSR count). The molecule has 6 heteroatoms. The summed E-state index contributed by atoms with van der Waals surface area (Å²) in [6.45, 7) is 3.83. The van der Waals surface area contributed by atoms with Gasteiger partial charge in [-0.15, -0.1) is 0 Å². The molecule has 5 nitrogen and oxygen atoms in total. The summed E-state index contributed by atoms with van der Waals surface area (Å²) in [7, 11) is -3.67. The summed E-state index contributed by atoms with van der Waals surface area (Å²) in [5.41, 5.74) is 1.24. The third-order valence-electron chi connectivity index (χ3n) is 3.35. The molecule has 2 aromatic carbocycles. The largest absolute Gasteiger partial charge is 0.491 e. The minimum atomic E-state index is -3.67. The van der Waals surface area contributed by atoms with Gasteiger partial charge in [0.25, 0.3) is 10.0 Å². The number of para-hydroxylation sites is 1. The van der Waals surface area contributed by atoms with Crippen LogP contribution in [-0.2, 0) is 10.0 Å². The second-order valence-electron chi connectivity index (χ2n) is 5.66. The van der Waals surface area contributed by atoms with E-state index in [0.29, 0.717) is 11.4 Å². The molecule has 1 N–H and O–H groups in total. The first kappa shape index (κ1) is 16.3. The van der Waals surface area contributed by atoms with E-state index in [4.69, 9.17) is 4.74 Å². The highest BCUT2D eigenvalue weighted by atomic mass is 32.2. The van der Waals surface area contributed by atoms with Crippen LogP contribution in [0.1, 0.15) is 13.8 Å². The number of benzene rings is 2. The lowest BCUT2D eigenvalue weighted by atomic mass is 10.2. The van der Waals surface area contributed by atoms with Crippen molar-refractivity contribution in [1.29, 1.82) is 0 Å². The Labute approximate surface area is 141 Å². The number of rotatable bonds is 5. The lowest BCUT2D eigenvalue weighted by molar-refractivity contribution is 0.242. The molecule has 0 aliphatic heterocycles. The number of fused-ring (bicyclic) bond motifs is 1. The normalized spacial score (nSPS) is 11.6. The summed E-state index contributed by atoms with van der Waals surface area (Å²) < 4.78 is 33.1. The molecule has 0 aliphatic carbocycles. The van der Waals surface area contributed by atoms with Crippen molar-refractivity contribution in [2.75, 3.05) is 4.72 Å². The minimum Gasteiger partial charge on any atom is -0.491 e. The number of hydrogen-bond acceptors (Lipinski definition) is 4. The highest BCUT2D eigenvalue weighted by Crippen LogP contribution is 2.21. The number of aromatic nitrogens is 1. The van der Waals surface area contributed by atoms with Crippen molar-refractivity contribution in [2.24, 2.45) is 0 Å². The predicted molar refractivity (Wildman–Crippen MR) is 94.8 cm³/mol. The van der Waals surface area contributed by atoms with E-state index in [-0.39, 0.29) is 11.0 Å². The van der Waals surface area contributed by atoms with Gasteiger partial charge in [0.15, 0.2) is 0 Å².